The fraction of sp³-hybridized carbons (Fsp3) is 0.462. The average Bonchev–Trinajstić information content (AvgIpc) is 2.14. The van der Waals surface area contributed by atoms with Crippen molar-refractivity contribution < 1.29 is 9.18 Å². The van der Waals surface area contributed by atoms with Gasteiger partial charge in [0, 0.05) is 13.5 Å². The second-order valence-corrected chi connectivity index (χ2v) is 4.47. The molecule has 1 aromatic carbocycles. The zero-order valence-corrected chi connectivity index (χ0v) is 10.2. The number of benzene rings is 1. The molecule has 0 saturated heterocycles. The van der Waals surface area contributed by atoms with Crippen molar-refractivity contribution in [1.82, 2.24) is 5.32 Å². The van der Waals surface area contributed by atoms with E-state index in [0.717, 1.165) is 11.1 Å². The van der Waals surface area contributed by atoms with Crippen LogP contribution in [-0.2, 0) is 17.0 Å². The van der Waals surface area contributed by atoms with E-state index in [0.29, 0.717) is 12.1 Å². The van der Waals surface area contributed by atoms with E-state index in [2.05, 4.69) is 5.32 Å². The van der Waals surface area contributed by atoms with Crippen LogP contribution >= 0.6 is 0 Å². The lowest BCUT2D eigenvalue weighted by molar-refractivity contribution is -0.119. The zero-order chi connectivity index (χ0) is 12.3. The van der Waals surface area contributed by atoms with E-state index in [9.17, 15) is 9.18 Å². The number of amides is 1. The summed E-state index contributed by atoms with van der Waals surface area (Å²) < 4.78 is 13.9. The van der Waals surface area contributed by atoms with Crippen molar-refractivity contribution in [3.63, 3.8) is 0 Å². The highest BCUT2D eigenvalue weighted by Gasteiger charge is 2.21. The van der Waals surface area contributed by atoms with Crippen molar-refractivity contribution in [2.75, 3.05) is 0 Å². The number of carbonyl (C=O) groups is 1. The van der Waals surface area contributed by atoms with Gasteiger partial charge in [-0.05, 0) is 37.5 Å². The minimum Gasteiger partial charge on any atom is -0.352 e. The van der Waals surface area contributed by atoms with E-state index in [1.165, 1.54) is 20.8 Å². The fourth-order valence-electron chi connectivity index (χ4n) is 1.74. The first-order valence-electron chi connectivity index (χ1n) is 5.34. The Kier molecular flexibility index (Phi) is 3.68. The molecule has 0 spiro atoms. The molecule has 0 aliphatic carbocycles. The van der Waals surface area contributed by atoms with Gasteiger partial charge in [0.05, 0.1) is 0 Å². The van der Waals surface area contributed by atoms with Crippen LogP contribution in [0, 0.1) is 6.92 Å². The molecule has 0 bridgehead atoms. The molecule has 0 radical (unpaired) electrons. The monoisotopic (exact) mass is 223 g/mol. The van der Waals surface area contributed by atoms with Crippen molar-refractivity contribution in [3.8, 4) is 0 Å². The number of carbonyl (C=O) groups excluding carboxylic acids is 1. The Morgan fingerprint density at radius 1 is 1.44 bits per heavy atom. The molecule has 0 unspecified atom stereocenters. The van der Waals surface area contributed by atoms with Gasteiger partial charge in [-0.15, -0.1) is 0 Å². The van der Waals surface area contributed by atoms with Crippen LogP contribution < -0.4 is 5.32 Å². The lowest BCUT2D eigenvalue weighted by atomic mass is 9.92. The second-order valence-electron chi connectivity index (χ2n) is 4.47. The number of nitrogens with one attached hydrogen (secondary N) is 1. The number of alkyl halides is 1. The third kappa shape index (κ3) is 3.05. The molecule has 0 aromatic heterocycles. The maximum absolute atomic E-state index is 13.9. The van der Waals surface area contributed by atoms with Crippen molar-refractivity contribution >= 4 is 5.91 Å². The highest BCUT2D eigenvalue weighted by atomic mass is 19.1. The molecule has 3 heteroatoms. The van der Waals surface area contributed by atoms with Gasteiger partial charge in [-0.1, -0.05) is 18.2 Å². The van der Waals surface area contributed by atoms with E-state index in [4.69, 9.17) is 0 Å². The molecule has 1 rings (SSSR count). The van der Waals surface area contributed by atoms with Crippen molar-refractivity contribution in [2.45, 2.75) is 39.9 Å². The molecule has 0 saturated carbocycles. The molecule has 0 aliphatic rings. The SMILES string of the molecule is CC(=O)NCc1cccc(C(C)(C)F)c1C. The van der Waals surface area contributed by atoms with E-state index < -0.39 is 5.67 Å². The van der Waals surface area contributed by atoms with Gasteiger partial charge in [0.25, 0.3) is 0 Å². The molecule has 1 aromatic rings. The van der Waals surface area contributed by atoms with E-state index in [-0.39, 0.29) is 5.91 Å². The van der Waals surface area contributed by atoms with Crippen LogP contribution in [0.4, 0.5) is 4.39 Å². The molecule has 0 aliphatic heterocycles. The topological polar surface area (TPSA) is 29.1 Å². The largest absolute Gasteiger partial charge is 0.352 e. The van der Waals surface area contributed by atoms with E-state index in [1.807, 2.05) is 19.1 Å². The third-order valence-electron chi connectivity index (χ3n) is 2.61. The number of rotatable bonds is 3. The molecular formula is C13H18FNO. The maximum atomic E-state index is 13.9. The molecule has 0 fully saturated rings. The van der Waals surface area contributed by atoms with Crippen LogP contribution in [0.1, 0.15) is 37.5 Å². The third-order valence-corrected chi connectivity index (χ3v) is 2.61. The Labute approximate surface area is 95.9 Å². The Morgan fingerprint density at radius 2 is 2.06 bits per heavy atom. The van der Waals surface area contributed by atoms with Crippen LogP contribution in [0.3, 0.4) is 0 Å². The molecular weight excluding hydrogens is 205 g/mol. The van der Waals surface area contributed by atoms with Crippen LogP contribution in [0.2, 0.25) is 0 Å². The van der Waals surface area contributed by atoms with Crippen molar-refractivity contribution in [3.05, 3.63) is 34.9 Å². The van der Waals surface area contributed by atoms with Crippen LogP contribution in [0.25, 0.3) is 0 Å². The molecule has 1 N–H and O–H groups in total. The molecule has 2 nitrogen and oxygen atoms in total. The van der Waals surface area contributed by atoms with Crippen molar-refractivity contribution in [1.29, 1.82) is 0 Å². The first kappa shape index (κ1) is 12.7. The predicted octanol–water partition coefficient (Wildman–Crippen LogP) is 2.84. The summed E-state index contributed by atoms with van der Waals surface area (Å²) in [7, 11) is 0. The van der Waals surface area contributed by atoms with Crippen molar-refractivity contribution in [2.24, 2.45) is 0 Å². The summed E-state index contributed by atoms with van der Waals surface area (Å²) in [4.78, 5) is 10.8. The maximum Gasteiger partial charge on any atom is 0.217 e. The van der Waals surface area contributed by atoms with Crippen LogP contribution in [-0.4, -0.2) is 5.91 Å². The summed E-state index contributed by atoms with van der Waals surface area (Å²) in [6, 6.07) is 5.51. The van der Waals surface area contributed by atoms with E-state index in [1.54, 1.807) is 6.07 Å². The number of hydrogen-bond acceptors (Lipinski definition) is 1. The van der Waals surface area contributed by atoms with Crippen LogP contribution in [0.5, 0.6) is 0 Å². The summed E-state index contributed by atoms with van der Waals surface area (Å²) in [5, 5.41) is 2.72. The minimum atomic E-state index is -1.35. The van der Waals surface area contributed by atoms with Gasteiger partial charge in [0.15, 0.2) is 0 Å². The van der Waals surface area contributed by atoms with Gasteiger partial charge in [-0.3, -0.25) is 4.79 Å². The van der Waals surface area contributed by atoms with Gasteiger partial charge in [0.2, 0.25) is 5.91 Å². The summed E-state index contributed by atoms with van der Waals surface area (Å²) in [6.45, 7) is 6.88. The molecule has 88 valence electrons. The smallest absolute Gasteiger partial charge is 0.217 e. The highest BCUT2D eigenvalue weighted by molar-refractivity contribution is 5.72. The Hall–Kier alpha value is -1.38. The summed E-state index contributed by atoms with van der Waals surface area (Å²) >= 11 is 0. The summed E-state index contributed by atoms with van der Waals surface area (Å²) in [5.41, 5.74) is 1.19. The van der Waals surface area contributed by atoms with Gasteiger partial charge < -0.3 is 5.32 Å². The van der Waals surface area contributed by atoms with Gasteiger partial charge >= 0.3 is 0 Å². The fourth-order valence-corrected chi connectivity index (χ4v) is 1.74. The van der Waals surface area contributed by atoms with Crippen LogP contribution in [0.15, 0.2) is 18.2 Å². The Morgan fingerprint density at radius 3 is 2.56 bits per heavy atom. The van der Waals surface area contributed by atoms with Gasteiger partial charge in [-0.2, -0.15) is 0 Å². The second kappa shape index (κ2) is 4.64. The lowest BCUT2D eigenvalue weighted by Crippen LogP contribution is -2.20. The van der Waals surface area contributed by atoms with E-state index >= 15 is 0 Å². The first-order valence-corrected chi connectivity index (χ1v) is 5.34. The summed E-state index contributed by atoms with van der Waals surface area (Å²) in [6.07, 6.45) is 0. The normalized spacial score (nSPS) is 11.3. The Bertz CT molecular complexity index is 393. The van der Waals surface area contributed by atoms with Gasteiger partial charge in [0.1, 0.15) is 5.67 Å². The molecule has 0 heterocycles. The standard InChI is InChI=1S/C13H18FNO/c1-9-11(8-15-10(2)16)6-5-7-12(9)13(3,4)14/h5-7H,8H2,1-4H3,(H,15,16). The average molecular weight is 223 g/mol. The number of hydrogen-bond donors (Lipinski definition) is 1. The lowest BCUT2D eigenvalue weighted by Gasteiger charge is -2.19. The Balaban J connectivity index is 3.00. The molecule has 1 amide bonds. The highest BCUT2D eigenvalue weighted by Crippen LogP contribution is 2.29. The number of halogens is 1. The van der Waals surface area contributed by atoms with Gasteiger partial charge in [-0.25, -0.2) is 4.39 Å². The predicted molar refractivity (Wildman–Crippen MR) is 62.8 cm³/mol. The minimum absolute atomic E-state index is 0.0793. The molecule has 0 atom stereocenters. The quantitative estimate of drug-likeness (QED) is 0.838. The summed E-state index contributed by atoms with van der Waals surface area (Å²) in [5.74, 6) is -0.0793. The first-order chi connectivity index (χ1) is 7.32. The molecule has 16 heavy (non-hydrogen) atoms. The zero-order valence-electron chi connectivity index (χ0n) is 10.2.